The normalized spacial score (nSPS) is 17.3. The Morgan fingerprint density at radius 1 is 0.333 bits per heavy atom. The average molecular weight is 389 g/mol. The van der Waals surface area contributed by atoms with E-state index in [1.165, 1.54) is 35.1 Å². The van der Waals surface area contributed by atoms with Crippen LogP contribution in [0, 0.1) is 0 Å². The molecule has 148 valence electrons. The number of hydrogen-bond acceptors (Lipinski definition) is 0. The van der Waals surface area contributed by atoms with Gasteiger partial charge < -0.3 is 0 Å². The van der Waals surface area contributed by atoms with Gasteiger partial charge in [0.25, 0.3) is 0 Å². The van der Waals surface area contributed by atoms with Crippen molar-refractivity contribution in [3.63, 3.8) is 0 Å². The van der Waals surface area contributed by atoms with Crippen molar-refractivity contribution in [2.45, 2.75) is 36.5 Å². The first kappa shape index (κ1) is 18.9. The van der Waals surface area contributed by atoms with E-state index in [1.807, 2.05) is 0 Å². The number of hydrogen-bond donors (Lipinski definition) is 0. The Kier molecular flexibility index (Phi) is 5.01. The fourth-order valence-electron chi connectivity index (χ4n) is 5.99. The van der Waals surface area contributed by atoms with Crippen LogP contribution in [0.1, 0.15) is 47.9 Å². The van der Waals surface area contributed by atoms with Crippen molar-refractivity contribution >= 4 is 0 Å². The summed E-state index contributed by atoms with van der Waals surface area (Å²) in [6.07, 6.45) is 4.77. The zero-order valence-electron chi connectivity index (χ0n) is 17.4. The van der Waals surface area contributed by atoms with Crippen molar-refractivity contribution in [2.24, 2.45) is 0 Å². The van der Waals surface area contributed by atoms with Gasteiger partial charge in [-0.05, 0) is 35.1 Å². The second-order valence-corrected chi connectivity index (χ2v) is 8.48. The van der Waals surface area contributed by atoms with Crippen LogP contribution in [-0.4, -0.2) is 0 Å². The Morgan fingerprint density at radius 2 is 0.567 bits per heavy atom. The molecule has 0 aromatic heterocycles. The standard InChI is InChI=1S/C30H28/c1-5-15-25(16-6-1)29(26-17-7-2-8-18-26)23-13-14-24-30(29,27-19-9-3-10-20-27)28-21-11-4-12-22-28/h1-12,15-22H,13-14,23-24H2. The molecule has 0 heteroatoms. The van der Waals surface area contributed by atoms with Crippen LogP contribution in [0.15, 0.2) is 121 Å². The lowest BCUT2D eigenvalue weighted by atomic mass is 9.46. The summed E-state index contributed by atoms with van der Waals surface area (Å²) in [7, 11) is 0. The van der Waals surface area contributed by atoms with Gasteiger partial charge in [-0.3, -0.25) is 0 Å². The van der Waals surface area contributed by atoms with E-state index in [1.54, 1.807) is 0 Å². The monoisotopic (exact) mass is 388 g/mol. The molecule has 0 amide bonds. The van der Waals surface area contributed by atoms with Crippen molar-refractivity contribution in [3.05, 3.63) is 144 Å². The molecule has 0 unspecified atom stereocenters. The third kappa shape index (κ3) is 2.82. The smallest absolute Gasteiger partial charge is 0.0340 e. The molecular formula is C30H28. The van der Waals surface area contributed by atoms with Crippen LogP contribution in [0.2, 0.25) is 0 Å². The summed E-state index contributed by atoms with van der Waals surface area (Å²) >= 11 is 0. The van der Waals surface area contributed by atoms with Gasteiger partial charge in [0.2, 0.25) is 0 Å². The van der Waals surface area contributed by atoms with Crippen molar-refractivity contribution < 1.29 is 0 Å². The highest BCUT2D eigenvalue weighted by atomic mass is 14.6. The molecule has 0 heterocycles. The van der Waals surface area contributed by atoms with E-state index in [2.05, 4.69) is 121 Å². The fourth-order valence-corrected chi connectivity index (χ4v) is 5.99. The summed E-state index contributed by atoms with van der Waals surface area (Å²) in [5.74, 6) is 0. The Morgan fingerprint density at radius 3 is 0.800 bits per heavy atom. The summed E-state index contributed by atoms with van der Waals surface area (Å²) in [4.78, 5) is 0. The van der Waals surface area contributed by atoms with E-state index in [0.717, 1.165) is 12.8 Å². The molecule has 1 aliphatic rings. The third-order valence-corrected chi connectivity index (χ3v) is 7.15. The fraction of sp³-hybridized carbons (Fsp3) is 0.200. The molecule has 0 N–H and O–H groups in total. The number of benzene rings is 4. The maximum absolute atomic E-state index is 2.35. The van der Waals surface area contributed by atoms with Gasteiger partial charge in [0, 0.05) is 10.8 Å². The Labute approximate surface area is 180 Å². The van der Waals surface area contributed by atoms with E-state index in [4.69, 9.17) is 0 Å². The molecule has 1 saturated carbocycles. The van der Waals surface area contributed by atoms with Gasteiger partial charge in [0.1, 0.15) is 0 Å². The topological polar surface area (TPSA) is 0 Å². The lowest BCUT2D eigenvalue weighted by molar-refractivity contribution is 0.213. The Balaban J connectivity index is 1.92. The van der Waals surface area contributed by atoms with E-state index >= 15 is 0 Å². The maximum atomic E-state index is 2.35. The first-order valence-corrected chi connectivity index (χ1v) is 11.1. The van der Waals surface area contributed by atoms with Crippen molar-refractivity contribution in [2.75, 3.05) is 0 Å². The van der Waals surface area contributed by atoms with Gasteiger partial charge in [-0.2, -0.15) is 0 Å². The summed E-state index contributed by atoms with van der Waals surface area (Å²) in [6.45, 7) is 0. The first-order valence-electron chi connectivity index (χ1n) is 11.1. The lowest BCUT2D eigenvalue weighted by Gasteiger charge is -2.55. The van der Waals surface area contributed by atoms with Crippen LogP contribution in [-0.2, 0) is 10.8 Å². The Bertz CT molecular complexity index is 896. The van der Waals surface area contributed by atoms with Gasteiger partial charge in [-0.1, -0.05) is 134 Å². The summed E-state index contributed by atoms with van der Waals surface area (Å²) in [6, 6.07) is 44.9. The quantitative estimate of drug-likeness (QED) is 0.339. The van der Waals surface area contributed by atoms with E-state index in [-0.39, 0.29) is 10.8 Å². The zero-order chi connectivity index (χ0) is 20.3. The summed E-state index contributed by atoms with van der Waals surface area (Å²) in [5, 5.41) is 0. The van der Waals surface area contributed by atoms with Crippen LogP contribution in [0.5, 0.6) is 0 Å². The molecule has 0 atom stereocenters. The molecule has 1 fully saturated rings. The highest BCUT2D eigenvalue weighted by molar-refractivity contribution is 5.56. The van der Waals surface area contributed by atoms with Gasteiger partial charge in [0.05, 0.1) is 0 Å². The maximum Gasteiger partial charge on any atom is 0.0340 e. The average Bonchev–Trinajstić information content (AvgIpc) is 2.86. The molecule has 30 heavy (non-hydrogen) atoms. The molecule has 0 bridgehead atoms. The molecular weight excluding hydrogens is 360 g/mol. The zero-order valence-corrected chi connectivity index (χ0v) is 17.4. The molecule has 1 aliphatic carbocycles. The van der Waals surface area contributed by atoms with E-state index in [0.29, 0.717) is 0 Å². The van der Waals surface area contributed by atoms with Gasteiger partial charge in [-0.25, -0.2) is 0 Å². The molecule has 0 radical (unpaired) electrons. The van der Waals surface area contributed by atoms with E-state index < -0.39 is 0 Å². The third-order valence-electron chi connectivity index (χ3n) is 7.15. The largest absolute Gasteiger partial charge is 0.0622 e. The van der Waals surface area contributed by atoms with Crippen LogP contribution < -0.4 is 0 Å². The van der Waals surface area contributed by atoms with Gasteiger partial charge >= 0.3 is 0 Å². The molecule has 0 saturated heterocycles. The minimum absolute atomic E-state index is 0.115. The van der Waals surface area contributed by atoms with Crippen LogP contribution in [0.4, 0.5) is 0 Å². The molecule has 0 spiro atoms. The molecule has 5 rings (SSSR count). The van der Waals surface area contributed by atoms with Gasteiger partial charge in [-0.15, -0.1) is 0 Å². The number of rotatable bonds is 4. The highest BCUT2D eigenvalue weighted by Crippen LogP contribution is 2.60. The van der Waals surface area contributed by atoms with E-state index in [9.17, 15) is 0 Å². The predicted octanol–water partition coefficient (Wildman–Crippen LogP) is 7.53. The SMILES string of the molecule is c1ccc(C2(c3ccccc3)CCCCC2(c2ccccc2)c2ccccc2)cc1. The van der Waals surface area contributed by atoms with Crippen molar-refractivity contribution in [1.29, 1.82) is 0 Å². The highest BCUT2D eigenvalue weighted by Gasteiger charge is 2.56. The van der Waals surface area contributed by atoms with Crippen LogP contribution in [0.3, 0.4) is 0 Å². The van der Waals surface area contributed by atoms with Gasteiger partial charge in [0.15, 0.2) is 0 Å². The van der Waals surface area contributed by atoms with Crippen molar-refractivity contribution in [3.8, 4) is 0 Å². The second kappa shape index (κ2) is 7.95. The minimum Gasteiger partial charge on any atom is -0.0622 e. The van der Waals surface area contributed by atoms with Crippen molar-refractivity contribution in [1.82, 2.24) is 0 Å². The minimum atomic E-state index is -0.115. The first-order chi connectivity index (χ1) is 14.9. The van der Waals surface area contributed by atoms with Crippen LogP contribution in [0.25, 0.3) is 0 Å². The Hall–Kier alpha value is -3.12. The second-order valence-electron chi connectivity index (χ2n) is 8.48. The molecule has 4 aromatic rings. The van der Waals surface area contributed by atoms with Crippen LogP contribution >= 0.6 is 0 Å². The summed E-state index contributed by atoms with van der Waals surface area (Å²) < 4.78 is 0. The molecule has 4 aromatic carbocycles. The predicted molar refractivity (Wildman–Crippen MR) is 126 cm³/mol. The molecule has 0 nitrogen and oxygen atoms in total. The molecule has 0 aliphatic heterocycles. The lowest BCUT2D eigenvalue weighted by Crippen LogP contribution is -2.53. The summed E-state index contributed by atoms with van der Waals surface area (Å²) in [5.41, 5.74) is 5.45.